The highest BCUT2D eigenvalue weighted by Crippen LogP contribution is 2.37. The maximum Gasteiger partial charge on any atom is 0.416 e. The Morgan fingerprint density at radius 2 is 1.97 bits per heavy atom. The zero-order chi connectivity index (χ0) is 27.9. The number of thioether (sulfide) groups is 1. The van der Waals surface area contributed by atoms with Crippen molar-refractivity contribution in [2.45, 2.75) is 31.4 Å². The maximum atomic E-state index is 14.8. The summed E-state index contributed by atoms with van der Waals surface area (Å²) in [6.45, 7) is 0.605. The summed E-state index contributed by atoms with van der Waals surface area (Å²) in [6.07, 6.45) is -2.66. The summed E-state index contributed by atoms with van der Waals surface area (Å²) in [4.78, 5) is 28.6. The van der Waals surface area contributed by atoms with Gasteiger partial charge in [-0.3, -0.25) is 24.1 Å². The molecule has 2 atom stereocenters. The summed E-state index contributed by atoms with van der Waals surface area (Å²) in [5, 5.41) is 13.4. The number of imide groups is 1. The van der Waals surface area contributed by atoms with Crippen LogP contribution in [-0.2, 0) is 17.5 Å². The molecule has 3 heterocycles. The Balaban J connectivity index is 1.35. The first-order chi connectivity index (χ1) is 18.5. The van der Waals surface area contributed by atoms with E-state index in [2.05, 4.69) is 5.10 Å². The minimum absolute atomic E-state index is 0.0142. The number of benzene rings is 2. The molecule has 0 saturated carbocycles. The molecule has 2 aromatic carbocycles. The summed E-state index contributed by atoms with van der Waals surface area (Å²) >= 11 is 6.52. The number of carbonyl (C=O) groups is 2. The van der Waals surface area contributed by atoms with Crippen molar-refractivity contribution < 1.29 is 32.3 Å². The fourth-order valence-corrected chi connectivity index (χ4v) is 6.00. The van der Waals surface area contributed by atoms with E-state index in [0.717, 1.165) is 22.7 Å². The van der Waals surface area contributed by atoms with Gasteiger partial charge in [-0.05, 0) is 59.7 Å². The second-order valence-corrected chi connectivity index (χ2v) is 10.8. The number of aliphatic hydroxyl groups excluding tert-OH is 1. The molecule has 2 amide bonds. The molecule has 0 radical (unpaired) electrons. The highest BCUT2D eigenvalue weighted by molar-refractivity contribution is 8.18. The molecule has 1 aromatic heterocycles. The average Bonchev–Trinajstić information content (AvgIpc) is 3.39. The van der Waals surface area contributed by atoms with Gasteiger partial charge in [-0.15, -0.1) is 0 Å². The molecule has 2 aliphatic rings. The topological polar surface area (TPSA) is 78.7 Å². The van der Waals surface area contributed by atoms with E-state index < -0.39 is 35.1 Å². The molecular formula is C26H23ClF4N4O3S. The molecular weight excluding hydrogens is 560 g/mol. The Morgan fingerprint density at radius 3 is 2.69 bits per heavy atom. The Labute approximate surface area is 230 Å². The van der Waals surface area contributed by atoms with Crippen molar-refractivity contribution in [1.82, 2.24) is 19.6 Å². The van der Waals surface area contributed by atoms with Gasteiger partial charge < -0.3 is 5.11 Å². The summed E-state index contributed by atoms with van der Waals surface area (Å²) in [7, 11) is 0. The van der Waals surface area contributed by atoms with Gasteiger partial charge in [0.15, 0.2) is 0 Å². The number of β-amino-alcohol motifs (C(OH)–C–C–N with tert-alkyl or cyclic N) is 1. The lowest BCUT2D eigenvalue weighted by atomic mass is 10.0. The molecule has 206 valence electrons. The Hall–Kier alpha value is -2.93. The second kappa shape index (κ2) is 10.9. The molecule has 5 rings (SSSR count). The molecule has 0 spiro atoms. The number of halogens is 5. The molecule has 3 aromatic rings. The van der Waals surface area contributed by atoms with Gasteiger partial charge in [-0.2, -0.15) is 18.3 Å². The van der Waals surface area contributed by atoms with Crippen molar-refractivity contribution in [3.8, 4) is 0 Å². The fraction of sp³-hybridized carbons (Fsp3) is 0.346. The number of likely N-dealkylation sites (tertiary alicyclic amines) is 1. The van der Waals surface area contributed by atoms with Gasteiger partial charge in [0.2, 0.25) is 0 Å². The lowest BCUT2D eigenvalue weighted by molar-refractivity contribution is -0.138. The summed E-state index contributed by atoms with van der Waals surface area (Å²) in [5.74, 6) is -0.563. The van der Waals surface area contributed by atoms with E-state index in [0.29, 0.717) is 29.6 Å². The summed E-state index contributed by atoms with van der Waals surface area (Å²) in [5.41, 5.74) is 0.353. The van der Waals surface area contributed by atoms with Crippen LogP contribution in [0.5, 0.6) is 0 Å². The third-order valence-electron chi connectivity index (χ3n) is 6.82. The molecule has 7 nitrogen and oxygen atoms in total. The van der Waals surface area contributed by atoms with Crippen molar-refractivity contribution >= 4 is 51.5 Å². The van der Waals surface area contributed by atoms with Gasteiger partial charge in [-0.25, -0.2) is 4.39 Å². The van der Waals surface area contributed by atoms with Crippen LogP contribution in [0.1, 0.15) is 23.1 Å². The largest absolute Gasteiger partial charge is 0.416 e. The van der Waals surface area contributed by atoms with Gasteiger partial charge in [0.1, 0.15) is 6.17 Å². The van der Waals surface area contributed by atoms with Crippen LogP contribution in [0, 0.1) is 0 Å². The van der Waals surface area contributed by atoms with E-state index in [9.17, 15) is 27.2 Å². The van der Waals surface area contributed by atoms with Gasteiger partial charge in [0.25, 0.3) is 11.1 Å². The van der Waals surface area contributed by atoms with E-state index in [-0.39, 0.29) is 41.6 Å². The second-order valence-electron chi connectivity index (χ2n) is 9.37. The smallest absolute Gasteiger partial charge is 0.395 e. The third kappa shape index (κ3) is 5.69. The number of hydrogen-bond donors (Lipinski definition) is 1. The molecule has 2 aliphatic heterocycles. The van der Waals surface area contributed by atoms with Crippen LogP contribution in [0.3, 0.4) is 0 Å². The normalized spacial score (nSPS) is 22.0. The first-order valence-corrected chi connectivity index (χ1v) is 13.3. The van der Waals surface area contributed by atoms with E-state index in [1.807, 2.05) is 0 Å². The zero-order valence-corrected chi connectivity index (χ0v) is 21.9. The minimum atomic E-state index is -4.57. The number of nitrogens with zero attached hydrogens (tertiary/aromatic N) is 4. The van der Waals surface area contributed by atoms with Gasteiger partial charge in [0, 0.05) is 30.0 Å². The van der Waals surface area contributed by atoms with Crippen LogP contribution < -0.4 is 0 Å². The lowest BCUT2D eigenvalue weighted by Gasteiger charge is -2.37. The van der Waals surface area contributed by atoms with Crippen molar-refractivity contribution in [3.05, 3.63) is 69.2 Å². The zero-order valence-electron chi connectivity index (χ0n) is 20.4. The molecule has 0 unspecified atom stereocenters. The Kier molecular flexibility index (Phi) is 7.73. The van der Waals surface area contributed by atoms with E-state index in [1.165, 1.54) is 29.1 Å². The van der Waals surface area contributed by atoms with Crippen molar-refractivity contribution in [2.75, 3.05) is 26.2 Å². The molecule has 39 heavy (non-hydrogen) atoms. The van der Waals surface area contributed by atoms with Crippen molar-refractivity contribution in [3.63, 3.8) is 0 Å². The standard InChI is InChI=1S/C26H23ClF4N4O3S/c27-18-3-2-16(19(11-18)26(29,30)31)13-34-21-4-1-15(9-17(21)12-32-34)10-23-24(37)35(25(38)39-23)22-5-6-33(7-8-36)14-20(22)28/h1-4,9-12,20,22,36H,5-8,13-14H2/t20-,22+/m0/s1. The predicted octanol–water partition coefficient (Wildman–Crippen LogP) is 5.20. The van der Waals surface area contributed by atoms with Crippen LogP contribution in [0.4, 0.5) is 22.4 Å². The first kappa shape index (κ1) is 27.6. The summed E-state index contributed by atoms with van der Waals surface area (Å²) in [6, 6.07) is 7.80. The fourth-order valence-electron chi connectivity index (χ4n) is 4.94. The molecule has 13 heteroatoms. The van der Waals surface area contributed by atoms with Gasteiger partial charge in [-0.1, -0.05) is 23.7 Å². The van der Waals surface area contributed by atoms with E-state index >= 15 is 0 Å². The number of hydrogen-bond acceptors (Lipinski definition) is 6. The first-order valence-electron chi connectivity index (χ1n) is 12.1. The molecule has 0 aliphatic carbocycles. The molecule has 1 N–H and O–H groups in total. The number of aromatic nitrogens is 2. The predicted molar refractivity (Wildman–Crippen MR) is 140 cm³/mol. The van der Waals surface area contributed by atoms with Crippen LogP contribution in [0.2, 0.25) is 5.02 Å². The Morgan fingerprint density at radius 1 is 1.18 bits per heavy atom. The maximum absolute atomic E-state index is 14.8. The number of carbonyl (C=O) groups excluding carboxylic acids is 2. The number of aliphatic hydroxyl groups is 1. The summed E-state index contributed by atoms with van der Waals surface area (Å²) < 4.78 is 56.8. The van der Waals surface area contributed by atoms with Crippen LogP contribution in [0.15, 0.2) is 47.5 Å². The quantitative estimate of drug-likeness (QED) is 0.318. The van der Waals surface area contributed by atoms with E-state index in [4.69, 9.17) is 16.7 Å². The average molecular weight is 583 g/mol. The molecule has 2 saturated heterocycles. The lowest BCUT2D eigenvalue weighted by Crippen LogP contribution is -2.54. The minimum Gasteiger partial charge on any atom is -0.395 e. The van der Waals surface area contributed by atoms with Crippen LogP contribution in [0.25, 0.3) is 17.0 Å². The monoisotopic (exact) mass is 582 g/mol. The highest BCUT2D eigenvalue weighted by atomic mass is 35.5. The third-order valence-corrected chi connectivity index (χ3v) is 7.94. The number of amides is 2. The number of fused-ring (bicyclic) bond motifs is 1. The SMILES string of the molecule is O=C1SC(=Cc2ccc3c(cnn3Cc3ccc(Cl)cc3C(F)(F)F)c2)C(=O)N1[C@@H]1CCN(CCO)C[C@@H]1F. The number of rotatable bonds is 6. The van der Waals surface area contributed by atoms with Gasteiger partial charge in [0.05, 0.1) is 41.4 Å². The highest BCUT2D eigenvalue weighted by Gasteiger charge is 2.45. The number of piperidine rings is 1. The van der Waals surface area contributed by atoms with Crippen LogP contribution >= 0.6 is 23.4 Å². The Bertz CT molecular complexity index is 1460. The molecule has 2 fully saturated rings. The van der Waals surface area contributed by atoms with Crippen molar-refractivity contribution in [1.29, 1.82) is 0 Å². The van der Waals surface area contributed by atoms with Gasteiger partial charge >= 0.3 is 6.18 Å². The van der Waals surface area contributed by atoms with Crippen LogP contribution in [-0.4, -0.2) is 74.3 Å². The molecule has 0 bridgehead atoms. The van der Waals surface area contributed by atoms with E-state index in [1.54, 1.807) is 23.1 Å². The number of alkyl halides is 4. The van der Waals surface area contributed by atoms with Crippen molar-refractivity contribution in [2.24, 2.45) is 0 Å².